The minimum atomic E-state index is -0.0217. The lowest BCUT2D eigenvalue weighted by molar-refractivity contribution is 0.199. The Morgan fingerprint density at radius 3 is 2.52 bits per heavy atom. The average Bonchev–Trinajstić information content (AvgIpc) is 2.44. The van der Waals surface area contributed by atoms with Crippen molar-refractivity contribution in [2.75, 3.05) is 33.3 Å². The number of phenols is 1. The van der Waals surface area contributed by atoms with Gasteiger partial charge in [-0.25, -0.2) is 0 Å². The molecular formula is C14H21BrCl2N2O2. The number of aromatic hydroxyl groups is 1. The SMILES string of the molecule is C=C[C@H](c1c(Br)ccc(OC)c1O)N1CCNCC1.Cl.Cl. The van der Waals surface area contributed by atoms with Crippen molar-refractivity contribution in [3.63, 3.8) is 0 Å². The van der Waals surface area contributed by atoms with Crippen LogP contribution in [0, 0.1) is 0 Å². The van der Waals surface area contributed by atoms with Crippen LogP contribution in [0.2, 0.25) is 0 Å². The van der Waals surface area contributed by atoms with E-state index in [4.69, 9.17) is 4.74 Å². The third-order valence-electron chi connectivity index (χ3n) is 3.41. The van der Waals surface area contributed by atoms with Crippen LogP contribution in [0.1, 0.15) is 11.6 Å². The van der Waals surface area contributed by atoms with Crippen molar-refractivity contribution in [2.24, 2.45) is 0 Å². The zero-order valence-electron chi connectivity index (χ0n) is 11.8. The third kappa shape index (κ3) is 4.50. The lowest BCUT2D eigenvalue weighted by Gasteiger charge is -2.34. The number of rotatable bonds is 4. The van der Waals surface area contributed by atoms with Crippen LogP contribution >= 0.6 is 40.7 Å². The monoisotopic (exact) mass is 398 g/mol. The van der Waals surface area contributed by atoms with E-state index < -0.39 is 0 Å². The van der Waals surface area contributed by atoms with Crippen LogP contribution in [0.4, 0.5) is 0 Å². The largest absolute Gasteiger partial charge is 0.504 e. The fourth-order valence-corrected chi connectivity index (χ4v) is 2.97. The number of nitrogens with one attached hydrogen (secondary N) is 1. The minimum Gasteiger partial charge on any atom is -0.504 e. The van der Waals surface area contributed by atoms with Gasteiger partial charge >= 0.3 is 0 Å². The maximum atomic E-state index is 10.4. The molecule has 4 nitrogen and oxygen atoms in total. The van der Waals surface area contributed by atoms with Crippen molar-refractivity contribution in [3.8, 4) is 11.5 Å². The quantitative estimate of drug-likeness (QED) is 0.763. The van der Waals surface area contributed by atoms with E-state index >= 15 is 0 Å². The molecule has 1 aliphatic heterocycles. The molecule has 0 aromatic heterocycles. The van der Waals surface area contributed by atoms with Crippen LogP contribution < -0.4 is 10.1 Å². The molecule has 21 heavy (non-hydrogen) atoms. The highest BCUT2D eigenvalue weighted by Crippen LogP contribution is 2.41. The standard InChI is InChI=1S/C14H19BrN2O2.2ClH/c1-3-11(17-8-6-16-7-9-17)13-10(15)4-5-12(19-2)14(13)18;;/h3-5,11,16,18H,1,6-9H2,2H3;2*1H/t11-;;/m1../s1. The molecule has 0 unspecified atom stereocenters. The summed E-state index contributed by atoms with van der Waals surface area (Å²) in [7, 11) is 1.56. The summed E-state index contributed by atoms with van der Waals surface area (Å²) in [5.74, 6) is 0.667. The van der Waals surface area contributed by atoms with E-state index in [1.54, 1.807) is 13.2 Å². The molecule has 0 saturated carbocycles. The molecule has 120 valence electrons. The molecule has 1 atom stereocenters. The lowest BCUT2D eigenvalue weighted by atomic mass is 10.0. The first-order valence-corrected chi connectivity index (χ1v) is 7.11. The van der Waals surface area contributed by atoms with Gasteiger partial charge in [-0.1, -0.05) is 22.0 Å². The molecule has 1 heterocycles. The van der Waals surface area contributed by atoms with E-state index in [0.717, 1.165) is 36.2 Å². The molecule has 0 aliphatic carbocycles. The number of ether oxygens (including phenoxy) is 1. The highest BCUT2D eigenvalue weighted by atomic mass is 79.9. The molecule has 0 radical (unpaired) electrons. The van der Waals surface area contributed by atoms with E-state index in [1.807, 2.05) is 12.1 Å². The molecule has 0 amide bonds. The van der Waals surface area contributed by atoms with Crippen molar-refractivity contribution >= 4 is 40.7 Å². The summed E-state index contributed by atoms with van der Waals surface area (Å²) in [4.78, 5) is 2.29. The highest BCUT2D eigenvalue weighted by Gasteiger charge is 2.25. The Kier molecular flexibility index (Phi) is 9.33. The number of methoxy groups -OCH3 is 1. The number of hydrogen-bond acceptors (Lipinski definition) is 4. The van der Waals surface area contributed by atoms with Gasteiger partial charge in [-0.05, 0) is 12.1 Å². The summed E-state index contributed by atoms with van der Waals surface area (Å²) in [5.41, 5.74) is 0.816. The number of halogens is 3. The average molecular weight is 400 g/mol. The number of hydrogen-bond donors (Lipinski definition) is 2. The molecule has 1 aromatic carbocycles. The van der Waals surface area contributed by atoms with Crippen molar-refractivity contribution < 1.29 is 9.84 Å². The van der Waals surface area contributed by atoms with Crippen molar-refractivity contribution in [3.05, 3.63) is 34.8 Å². The second kappa shape index (κ2) is 9.54. The van der Waals surface area contributed by atoms with Crippen LogP contribution in [-0.2, 0) is 0 Å². The predicted octanol–water partition coefficient (Wildman–Crippen LogP) is 3.14. The van der Waals surface area contributed by atoms with Crippen molar-refractivity contribution in [1.29, 1.82) is 0 Å². The Bertz CT molecular complexity index is 469. The van der Waals surface area contributed by atoms with Crippen molar-refractivity contribution in [1.82, 2.24) is 10.2 Å². The fraction of sp³-hybridized carbons (Fsp3) is 0.429. The van der Waals surface area contributed by atoms with Crippen LogP contribution in [-0.4, -0.2) is 43.3 Å². The fourth-order valence-electron chi connectivity index (χ4n) is 2.42. The second-order valence-electron chi connectivity index (χ2n) is 4.48. The highest BCUT2D eigenvalue weighted by molar-refractivity contribution is 9.10. The van der Waals surface area contributed by atoms with Crippen LogP contribution in [0.3, 0.4) is 0 Å². The number of piperazine rings is 1. The molecule has 1 saturated heterocycles. The smallest absolute Gasteiger partial charge is 0.164 e. The van der Waals surface area contributed by atoms with Gasteiger partial charge in [0.05, 0.1) is 13.2 Å². The maximum Gasteiger partial charge on any atom is 0.164 e. The summed E-state index contributed by atoms with van der Waals surface area (Å²) in [6.07, 6.45) is 1.87. The Balaban J connectivity index is 0.00000200. The maximum absolute atomic E-state index is 10.4. The second-order valence-corrected chi connectivity index (χ2v) is 5.33. The Morgan fingerprint density at radius 1 is 1.38 bits per heavy atom. The predicted molar refractivity (Wildman–Crippen MR) is 94.2 cm³/mol. The van der Waals surface area contributed by atoms with Crippen molar-refractivity contribution in [2.45, 2.75) is 6.04 Å². The van der Waals surface area contributed by atoms with Gasteiger partial charge < -0.3 is 15.2 Å². The summed E-state index contributed by atoms with van der Waals surface area (Å²) in [6, 6.07) is 3.62. The topological polar surface area (TPSA) is 44.7 Å². The molecule has 7 heteroatoms. The third-order valence-corrected chi connectivity index (χ3v) is 4.10. The lowest BCUT2D eigenvalue weighted by Crippen LogP contribution is -2.44. The number of nitrogens with zero attached hydrogens (tertiary/aromatic N) is 1. The van der Waals surface area contributed by atoms with Gasteiger partial charge in [0.25, 0.3) is 0 Å². The van der Waals surface area contributed by atoms with E-state index in [-0.39, 0.29) is 36.6 Å². The van der Waals surface area contributed by atoms with Gasteiger partial charge in [0.15, 0.2) is 11.5 Å². The van der Waals surface area contributed by atoms with Gasteiger partial charge in [-0.2, -0.15) is 0 Å². The molecule has 2 rings (SSSR count). The minimum absolute atomic E-state index is 0. The summed E-state index contributed by atoms with van der Waals surface area (Å²) >= 11 is 3.51. The Labute approximate surface area is 146 Å². The molecule has 0 bridgehead atoms. The molecule has 1 fully saturated rings. The van der Waals surface area contributed by atoms with Gasteiger partial charge in [0, 0.05) is 36.2 Å². The molecular weight excluding hydrogens is 379 g/mol. The summed E-state index contributed by atoms with van der Waals surface area (Å²) < 4.78 is 6.06. The van der Waals surface area contributed by atoms with E-state index in [9.17, 15) is 5.11 Å². The molecule has 1 aromatic rings. The van der Waals surface area contributed by atoms with Gasteiger partial charge in [0.1, 0.15) is 0 Å². The normalized spacial score (nSPS) is 16.3. The van der Waals surface area contributed by atoms with Gasteiger partial charge in [-0.15, -0.1) is 31.4 Å². The van der Waals surface area contributed by atoms with E-state index in [2.05, 4.69) is 32.7 Å². The van der Waals surface area contributed by atoms with Crippen LogP contribution in [0.5, 0.6) is 11.5 Å². The van der Waals surface area contributed by atoms with E-state index in [0.29, 0.717) is 5.75 Å². The first kappa shape index (κ1) is 20.5. The van der Waals surface area contributed by atoms with E-state index in [1.165, 1.54) is 0 Å². The zero-order valence-corrected chi connectivity index (χ0v) is 15.1. The first-order chi connectivity index (χ1) is 9.19. The molecule has 0 spiro atoms. The summed E-state index contributed by atoms with van der Waals surface area (Å²) in [5, 5.41) is 13.7. The first-order valence-electron chi connectivity index (χ1n) is 6.31. The summed E-state index contributed by atoms with van der Waals surface area (Å²) in [6.45, 7) is 7.68. The van der Waals surface area contributed by atoms with Gasteiger partial charge in [-0.3, -0.25) is 4.90 Å². The molecule has 1 aliphatic rings. The molecule has 2 N–H and O–H groups in total. The van der Waals surface area contributed by atoms with Gasteiger partial charge in [0.2, 0.25) is 0 Å². The Morgan fingerprint density at radius 2 is 2.00 bits per heavy atom. The zero-order chi connectivity index (χ0) is 13.8. The van der Waals surface area contributed by atoms with Crippen LogP contribution in [0.25, 0.3) is 0 Å². The Hall–Kier alpha value is -0.460. The number of benzene rings is 1. The number of phenolic OH excluding ortho intramolecular Hbond substituents is 1. The van der Waals surface area contributed by atoms with Crippen LogP contribution in [0.15, 0.2) is 29.3 Å².